The Bertz CT molecular complexity index is 395. The summed E-state index contributed by atoms with van der Waals surface area (Å²) in [5, 5.41) is 0. The summed E-state index contributed by atoms with van der Waals surface area (Å²) in [5.74, 6) is 2.22. The normalized spacial score (nSPS) is 17.7. The zero-order valence-electron chi connectivity index (χ0n) is 13.8. The predicted molar refractivity (Wildman–Crippen MR) is 85.5 cm³/mol. The van der Waals surface area contributed by atoms with Gasteiger partial charge in [0.05, 0.1) is 19.3 Å². The monoisotopic (exact) mass is 294 g/mol. The van der Waals surface area contributed by atoms with E-state index in [0.717, 1.165) is 70.0 Å². The van der Waals surface area contributed by atoms with E-state index in [0.29, 0.717) is 6.10 Å². The molecule has 0 aromatic carbocycles. The Morgan fingerprint density at radius 3 is 2.62 bits per heavy atom. The Kier molecular flexibility index (Phi) is 6.74. The van der Waals surface area contributed by atoms with E-state index in [-0.39, 0.29) is 0 Å². The lowest BCUT2D eigenvalue weighted by Gasteiger charge is -2.31. The molecule has 4 heteroatoms. The van der Waals surface area contributed by atoms with Crippen LogP contribution in [0.15, 0.2) is 16.5 Å². The summed E-state index contributed by atoms with van der Waals surface area (Å²) in [6.07, 6.45) is 4.89. The van der Waals surface area contributed by atoms with Crippen LogP contribution in [-0.2, 0) is 17.7 Å². The standard InChI is InChI=1S/C17H30N2O2/c1-4-5-16-6-7-17(21-16)14-19-10-8-15(9-11-19)20-13-12-18(2)3/h6-7,15H,4-5,8-14H2,1-3H3. The number of hydrogen-bond acceptors (Lipinski definition) is 4. The molecule has 0 aliphatic carbocycles. The molecule has 0 unspecified atom stereocenters. The zero-order valence-corrected chi connectivity index (χ0v) is 13.8. The van der Waals surface area contributed by atoms with Crippen molar-refractivity contribution in [1.29, 1.82) is 0 Å². The molecule has 4 nitrogen and oxygen atoms in total. The third kappa shape index (κ3) is 5.81. The highest BCUT2D eigenvalue weighted by Gasteiger charge is 2.20. The van der Waals surface area contributed by atoms with Crippen molar-refractivity contribution in [3.63, 3.8) is 0 Å². The van der Waals surface area contributed by atoms with Gasteiger partial charge in [0.25, 0.3) is 0 Å². The molecule has 0 N–H and O–H groups in total. The van der Waals surface area contributed by atoms with Gasteiger partial charge in [0.15, 0.2) is 0 Å². The summed E-state index contributed by atoms with van der Waals surface area (Å²) in [6, 6.07) is 4.25. The van der Waals surface area contributed by atoms with Crippen LogP contribution in [0.4, 0.5) is 0 Å². The quantitative estimate of drug-likeness (QED) is 0.737. The summed E-state index contributed by atoms with van der Waals surface area (Å²) < 4.78 is 11.8. The number of hydrogen-bond donors (Lipinski definition) is 0. The molecule has 2 rings (SSSR count). The van der Waals surface area contributed by atoms with Crippen molar-refractivity contribution in [2.24, 2.45) is 0 Å². The molecule has 0 amide bonds. The van der Waals surface area contributed by atoms with Crippen LogP contribution in [0.5, 0.6) is 0 Å². The van der Waals surface area contributed by atoms with E-state index in [1.807, 2.05) is 0 Å². The highest BCUT2D eigenvalue weighted by atomic mass is 16.5. The number of rotatable bonds is 8. The molecule has 0 spiro atoms. The van der Waals surface area contributed by atoms with Gasteiger partial charge in [0.1, 0.15) is 11.5 Å². The minimum Gasteiger partial charge on any atom is -0.465 e. The topological polar surface area (TPSA) is 28.9 Å². The molecule has 120 valence electrons. The van der Waals surface area contributed by atoms with Gasteiger partial charge < -0.3 is 14.1 Å². The largest absolute Gasteiger partial charge is 0.465 e. The molecular weight excluding hydrogens is 264 g/mol. The van der Waals surface area contributed by atoms with E-state index in [1.54, 1.807) is 0 Å². The van der Waals surface area contributed by atoms with E-state index in [1.165, 1.54) is 0 Å². The number of furan rings is 1. The van der Waals surface area contributed by atoms with Gasteiger partial charge in [-0.05, 0) is 45.5 Å². The summed E-state index contributed by atoms with van der Waals surface area (Å²) in [5.41, 5.74) is 0. The molecule has 1 fully saturated rings. The summed E-state index contributed by atoms with van der Waals surface area (Å²) in [6.45, 7) is 7.19. The molecule has 0 saturated carbocycles. The molecule has 1 aliphatic heterocycles. The van der Waals surface area contributed by atoms with Crippen molar-refractivity contribution in [2.45, 2.75) is 45.3 Å². The van der Waals surface area contributed by atoms with Crippen molar-refractivity contribution in [3.05, 3.63) is 23.7 Å². The van der Waals surface area contributed by atoms with Crippen LogP contribution in [0.2, 0.25) is 0 Å². The fourth-order valence-corrected chi connectivity index (χ4v) is 2.74. The van der Waals surface area contributed by atoms with Gasteiger partial charge >= 0.3 is 0 Å². The lowest BCUT2D eigenvalue weighted by molar-refractivity contribution is -0.000349. The first-order chi connectivity index (χ1) is 10.2. The first kappa shape index (κ1) is 16.5. The van der Waals surface area contributed by atoms with Crippen molar-refractivity contribution in [2.75, 3.05) is 40.3 Å². The Labute approximate surface area is 129 Å². The zero-order chi connectivity index (χ0) is 15.1. The second-order valence-corrected chi connectivity index (χ2v) is 6.27. The van der Waals surface area contributed by atoms with Crippen molar-refractivity contribution in [3.8, 4) is 0 Å². The highest BCUT2D eigenvalue weighted by molar-refractivity contribution is 5.07. The molecule has 0 atom stereocenters. The van der Waals surface area contributed by atoms with E-state index < -0.39 is 0 Å². The van der Waals surface area contributed by atoms with Gasteiger partial charge in [-0.2, -0.15) is 0 Å². The first-order valence-corrected chi connectivity index (χ1v) is 8.23. The molecule has 2 heterocycles. The molecule has 0 bridgehead atoms. The maximum Gasteiger partial charge on any atom is 0.118 e. The SMILES string of the molecule is CCCc1ccc(CN2CCC(OCCN(C)C)CC2)o1. The highest BCUT2D eigenvalue weighted by Crippen LogP contribution is 2.18. The van der Waals surface area contributed by atoms with Crippen molar-refractivity contribution < 1.29 is 9.15 Å². The minimum absolute atomic E-state index is 0.438. The van der Waals surface area contributed by atoms with Gasteiger partial charge in [-0.15, -0.1) is 0 Å². The van der Waals surface area contributed by atoms with Gasteiger partial charge in [-0.25, -0.2) is 0 Å². The van der Waals surface area contributed by atoms with Crippen LogP contribution >= 0.6 is 0 Å². The van der Waals surface area contributed by atoms with Crippen LogP contribution in [0.25, 0.3) is 0 Å². The number of piperidine rings is 1. The average molecular weight is 294 g/mol. The molecule has 1 saturated heterocycles. The van der Waals surface area contributed by atoms with Crippen LogP contribution in [0, 0.1) is 0 Å². The molecule has 1 aromatic rings. The maximum absolute atomic E-state index is 5.94. The third-order valence-corrected chi connectivity index (χ3v) is 4.02. The molecule has 1 aliphatic rings. The lowest BCUT2D eigenvalue weighted by atomic mass is 10.1. The molecule has 1 aromatic heterocycles. The Morgan fingerprint density at radius 1 is 1.24 bits per heavy atom. The van der Waals surface area contributed by atoms with Crippen LogP contribution < -0.4 is 0 Å². The second-order valence-electron chi connectivity index (χ2n) is 6.27. The Hall–Kier alpha value is -0.840. The van der Waals surface area contributed by atoms with Crippen LogP contribution in [0.1, 0.15) is 37.7 Å². The minimum atomic E-state index is 0.438. The Balaban J connectivity index is 1.66. The van der Waals surface area contributed by atoms with Gasteiger partial charge in [0.2, 0.25) is 0 Å². The van der Waals surface area contributed by atoms with Crippen molar-refractivity contribution in [1.82, 2.24) is 9.80 Å². The molecule has 21 heavy (non-hydrogen) atoms. The van der Waals surface area contributed by atoms with Gasteiger partial charge in [0, 0.05) is 26.1 Å². The van der Waals surface area contributed by atoms with Gasteiger partial charge in [-0.1, -0.05) is 6.92 Å². The number of nitrogens with zero attached hydrogens (tertiary/aromatic N) is 2. The average Bonchev–Trinajstić information content (AvgIpc) is 2.88. The van der Waals surface area contributed by atoms with E-state index >= 15 is 0 Å². The van der Waals surface area contributed by atoms with E-state index in [9.17, 15) is 0 Å². The first-order valence-electron chi connectivity index (χ1n) is 8.23. The fourth-order valence-electron chi connectivity index (χ4n) is 2.74. The number of likely N-dealkylation sites (tertiary alicyclic amines) is 1. The number of ether oxygens (including phenoxy) is 1. The van der Waals surface area contributed by atoms with Gasteiger partial charge in [-0.3, -0.25) is 4.90 Å². The number of likely N-dealkylation sites (N-methyl/N-ethyl adjacent to an activating group) is 1. The van der Waals surface area contributed by atoms with Crippen LogP contribution in [-0.4, -0.2) is 56.2 Å². The number of aryl methyl sites for hydroxylation is 1. The third-order valence-electron chi connectivity index (χ3n) is 4.02. The molecular formula is C17H30N2O2. The predicted octanol–water partition coefficient (Wildman–Crippen LogP) is 2.77. The summed E-state index contributed by atoms with van der Waals surface area (Å²) in [7, 11) is 4.17. The van der Waals surface area contributed by atoms with Crippen molar-refractivity contribution >= 4 is 0 Å². The Morgan fingerprint density at radius 2 is 1.95 bits per heavy atom. The summed E-state index contributed by atoms with van der Waals surface area (Å²) in [4.78, 5) is 4.64. The molecule has 0 radical (unpaired) electrons. The van der Waals surface area contributed by atoms with Crippen LogP contribution in [0.3, 0.4) is 0 Å². The smallest absolute Gasteiger partial charge is 0.118 e. The lowest BCUT2D eigenvalue weighted by Crippen LogP contribution is -2.37. The second kappa shape index (κ2) is 8.57. The summed E-state index contributed by atoms with van der Waals surface area (Å²) >= 11 is 0. The van der Waals surface area contributed by atoms with E-state index in [4.69, 9.17) is 9.15 Å². The van der Waals surface area contributed by atoms with E-state index in [2.05, 4.69) is 43.0 Å². The maximum atomic E-state index is 5.94. The fraction of sp³-hybridized carbons (Fsp3) is 0.765.